The predicted octanol–water partition coefficient (Wildman–Crippen LogP) is 2.71. The summed E-state index contributed by atoms with van der Waals surface area (Å²) in [5, 5.41) is 9.92. The van der Waals surface area contributed by atoms with Gasteiger partial charge in [-0.3, -0.25) is 9.88 Å². The average Bonchev–Trinajstić information content (AvgIpc) is 2.89. The molecule has 3 rings (SSSR count). The van der Waals surface area contributed by atoms with Crippen molar-refractivity contribution < 1.29 is 13.9 Å². The van der Waals surface area contributed by atoms with Crippen LogP contribution in [-0.4, -0.2) is 34.2 Å². The summed E-state index contributed by atoms with van der Waals surface area (Å²) in [7, 11) is 0. The van der Waals surface area contributed by atoms with E-state index in [4.69, 9.17) is 0 Å². The molecule has 0 saturated carbocycles. The van der Waals surface area contributed by atoms with Crippen LogP contribution in [0.1, 0.15) is 23.6 Å². The van der Waals surface area contributed by atoms with Crippen LogP contribution in [0.15, 0.2) is 42.7 Å². The summed E-state index contributed by atoms with van der Waals surface area (Å²) in [4.78, 5) is 5.99. The Kier molecular flexibility index (Phi) is 4.45. The molecule has 0 bridgehead atoms. The van der Waals surface area contributed by atoms with Gasteiger partial charge in [-0.05, 0) is 48.7 Å². The van der Waals surface area contributed by atoms with E-state index in [1.807, 2.05) is 17.0 Å². The quantitative estimate of drug-likeness (QED) is 0.943. The van der Waals surface area contributed by atoms with Crippen LogP contribution in [0.5, 0.6) is 0 Å². The lowest BCUT2D eigenvalue weighted by Crippen LogP contribution is -2.27. The van der Waals surface area contributed by atoms with E-state index in [1.54, 1.807) is 12.4 Å². The van der Waals surface area contributed by atoms with Gasteiger partial charge in [0.25, 0.3) is 0 Å². The van der Waals surface area contributed by atoms with Crippen molar-refractivity contribution in [2.75, 3.05) is 13.1 Å². The third kappa shape index (κ3) is 3.31. The molecule has 116 valence electrons. The number of pyridine rings is 1. The molecule has 1 N–H and O–H groups in total. The SMILES string of the molecule is O[C@H]1C[C@@H](c2cc(F)ccc2F)N(CCc2ccncc2)C1. The van der Waals surface area contributed by atoms with Gasteiger partial charge in [-0.2, -0.15) is 0 Å². The van der Waals surface area contributed by atoms with Crippen molar-refractivity contribution in [3.05, 3.63) is 65.5 Å². The standard InChI is InChI=1S/C17H18F2N2O/c18-13-1-2-16(19)15(9-13)17-10-14(22)11-21(17)8-5-12-3-6-20-7-4-12/h1-4,6-7,9,14,17,22H,5,8,10-11H2/t14-,17-/m0/s1. The Hall–Kier alpha value is -1.85. The highest BCUT2D eigenvalue weighted by molar-refractivity contribution is 5.24. The highest BCUT2D eigenvalue weighted by Crippen LogP contribution is 2.34. The summed E-state index contributed by atoms with van der Waals surface area (Å²) in [5.41, 5.74) is 1.46. The first-order chi connectivity index (χ1) is 10.6. The third-order valence-corrected chi connectivity index (χ3v) is 4.14. The molecule has 1 aromatic carbocycles. The smallest absolute Gasteiger partial charge is 0.128 e. The number of β-amino-alcohol motifs (C(OH)–C–C–N with tert-alkyl or cyclic N) is 1. The fraction of sp³-hybridized carbons (Fsp3) is 0.353. The number of rotatable bonds is 4. The van der Waals surface area contributed by atoms with Crippen molar-refractivity contribution >= 4 is 0 Å². The van der Waals surface area contributed by atoms with Crippen molar-refractivity contribution in [2.45, 2.75) is 25.0 Å². The molecule has 3 nitrogen and oxygen atoms in total. The van der Waals surface area contributed by atoms with Gasteiger partial charge >= 0.3 is 0 Å². The molecule has 22 heavy (non-hydrogen) atoms. The lowest BCUT2D eigenvalue weighted by molar-refractivity contribution is 0.175. The number of hydrogen-bond donors (Lipinski definition) is 1. The van der Waals surface area contributed by atoms with Crippen LogP contribution in [-0.2, 0) is 6.42 Å². The Morgan fingerprint density at radius 3 is 2.73 bits per heavy atom. The molecule has 1 saturated heterocycles. The van der Waals surface area contributed by atoms with Gasteiger partial charge in [0.15, 0.2) is 0 Å². The van der Waals surface area contributed by atoms with Crippen LogP contribution >= 0.6 is 0 Å². The number of aliphatic hydroxyl groups excluding tert-OH is 1. The van der Waals surface area contributed by atoms with Crippen LogP contribution < -0.4 is 0 Å². The summed E-state index contributed by atoms with van der Waals surface area (Å²) >= 11 is 0. The first-order valence-electron chi connectivity index (χ1n) is 7.39. The van der Waals surface area contributed by atoms with Crippen molar-refractivity contribution in [3.63, 3.8) is 0 Å². The monoisotopic (exact) mass is 304 g/mol. The van der Waals surface area contributed by atoms with E-state index in [9.17, 15) is 13.9 Å². The number of benzene rings is 1. The molecule has 2 aromatic rings. The van der Waals surface area contributed by atoms with Crippen molar-refractivity contribution in [3.8, 4) is 0 Å². The molecule has 1 aromatic heterocycles. The molecule has 1 aliphatic rings. The molecule has 0 amide bonds. The summed E-state index contributed by atoms with van der Waals surface area (Å²) in [5.74, 6) is -0.874. The van der Waals surface area contributed by atoms with E-state index in [0.29, 0.717) is 25.1 Å². The van der Waals surface area contributed by atoms with E-state index in [-0.39, 0.29) is 6.04 Å². The van der Waals surface area contributed by atoms with E-state index >= 15 is 0 Å². The van der Waals surface area contributed by atoms with Gasteiger partial charge in [0.2, 0.25) is 0 Å². The molecule has 1 fully saturated rings. The van der Waals surface area contributed by atoms with Crippen LogP contribution in [0.2, 0.25) is 0 Å². The van der Waals surface area contributed by atoms with Gasteiger partial charge in [0.1, 0.15) is 11.6 Å². The normalized spacial score (nSPS) is 22.1. The van der Waals surface area contributed by atoms with E-state index in [2.05, 4.69) is 4.98 Å². The topological polar surface area (TPSA) is 36.4 Å². The summed E-state index contributed by atoms with van der Waals surface area (Å²) < 4.78 is 27.4. The fourth-order valence-corrected chi connectivity index (χ4v) is 3.04. The second kappa shape index (κ2) is 6.50. The first-order valence-corrected chi connectivity index (χ1v) is 7.39. The number of hydrogen-bond acceptors (Lipinski definition) is 3. The number of nitrogens with zero attached hydrogens (tertiary/aromatic N) is 2. The van der Waals surface area contributed by atoms with E-state index < -0.39 is 17.7 Å². The van der Waals surface area contributed by atoms with Gasteiger partial charge in [-0.25, -0.2) is 8.78 Å². The van der Waals surface area contributed by atoms with Gasteiger partial charge in [-0.1, -0.05) is 0 Å². The maximum Gasteiger partial charge on any atom is 0.128 e. The van der Waals surface area contributed by atoms with Crippen LogP contribution in [0.25, 0.3) is 0 Å². The third-order valence-electron chi connectivity index (χ3n) is 4.14. The summed E-state index contributed by atoms with van der Waals surface area (Å²) in [6, 6.07) is 7.08. The molecule has 0 unspecified atom stereocenters. The molecule has 2 atom stereocenters. The molecule has 2 heterocycles. The second-order valence-corrected chi connectivity index (χ2v) is 5.67. The zero-order chi connectivity index (χ0) is 15.5. The highest BCUT2D eigenvalue weighted by Gasteiger charge is 2.33. The Morgan fingerprint density at radius 2 is 1.95 bits per heavy atom. The summed E-state index contributed by atoms with van der Waals surface area (Å²) in [6.07, 6.45) is 4.17. The largest absolute Gasteiger partial charge is 0.392 e. The lowest BCUT2D eigenvalue weighted by Gasteiger charge is -2.24. The second-order valence-electron chi connectivity index (χ2n) is 5.67. The van der Waals surface area contributed by atoms with E-state index in [0.717, 1.165) is 24.1 Å². The Bertz CT molecular complexity index is 636. The zero-order valence-electron chi connectivity index (χ0n) is 12.1. The van der Waals surface area contributed by atoms with Gasteiger partial charge < -0.3 is 5.11 Å². The molecule has 0 aliphatic carbocycles. The molecular weight excluding hydrogens is 286 g/mol. The van der Waals surface area contributed by atoms with Crippen molar-refractivity contribution in [2.24, 2.45) is 0 Å². The highest BCUT2D eigenvalue weighted by atomic mass is 19.1. The molecule has 0 radical (unpaired) electrons. The van der Waals surface area contributed by atoms with Crippen LogP contribution in [0.3, 0.4) is 0 Å². The number of halogens is 2. The Morgan fingerprint density at radius 1 is 1.18 bits per heavy atom. The zero-order valence-corrected chi connectivity index (χ0v) is 12.1. The predicted molar refractivity (Wildman–Crippen MR) is 79.2 cm³/mol. The van der Waals surface area contributed by atoms with Gasteiger partial charge in [-0.15, -0.1) is 0 Å². The van der Waals surface area contributed by atoms with E-state index in [1.165, 1.54) is 6.07 Å². The average molecular weight is 304 g/mol. The molecule has 5 heteroatoms. The van der Waals surface area contributed by atoms with Crippen molar-refractivity contribution in [1.82, 2.24) is 9.88 Å². The van der Waals surface area contributed by atoms with Crippen LogP contribution in [0.4, 0.5) is 8.78 Å². The van der Waals surface area contributed by atoms with Gasteiger partial charge in [0.05, 0.1) is 6.10 Å². The van der Waals surface area contributed by atoms with Crippen molar-refractivity contribution in [1.29, 1.82) is 0 Å². The minimum absolute atomic E-state index is 0.285. The van der Waals surface area contributed by atoms with Gasteiger partial charge in [0, 0.05) is 37.1 Å². The number of aromatic nitrogens is 1. The first kappa shape index (κ1) is 15.1. The minimum atomic E-state index is -0.509. The maximum absolute atomic E-state index is 14.0. The maximum atomic E-state index is 14.0. The lowest BCUT2D eigenvalue weighted by atomic mass is 10.0. The minimum Gasteiger partial charge on any atom is -0.392 e. The number of likely N-dealkylation sites (tertiary alicyclic amines) is 1. The fourth-order valence-electron chi connectivity index (χ4n) is 3.04. The molecule has 0 spiro atoms. The molecule has 1 aliphatic heterocycles. The Balaban J connectivity index is 1.76. The number of aliphatic hydroxyl groups is 1. The molecular formula is C17H18F2N2O. The van der Waals surface area contributed by atoms with Crippen LogP contribution in [0, 0.1) is 11.6 Å². The summed E-state index contributed by atoms with van der Waals surface area (Å²) in [6.45, 7) is 1.16. The Labute approximate surface area is 128 Å².